The van der Waals surface area contributed by atoms with Gasteiger partial charge in [0.2, 0.25) is 0 Å². The highest BCUT2D eigenvalue weighted by Gasteiger charge is 2.14. The molecule has 20 heavy (non-hydrogen) atoms. The van der Waals surface area contributed by atoms with Gasteiger partial charge in [0, 0.05) is 28.3 Å². The second-order valence-electron chi connectivity index (χ2n) is 4.22. The van der Waals surface area contributed by atoms with Crippen molar-refractivity contribution in [3.8, 4) is 5.75 Å². The lowest BCUT2D eigenvalue weighted by molar-refractivity contribution is 0.0988. The Labute approximate surface area is 130 Å². The molecule has 2 rings (SSSR count). The Morgan fingerprint density at radius 2 is 2.30 bits per heavy atom. The van der Waals surface area contributed by atoms with Crippen LogP contribution in [0.1, 0.15) is 21.1 Å². The first kappa shape index (κ1) is 15.2. The first-order valence-electron chi connectivity index (χ1n) is 6.14. The number of Topliss-reactive ketones (excluding diaryl/α,β-unsaturated/α-hetero) is 1. The van der Waals surface area contributed by atoms with Crippen LogP contribution in [0.5, 0.6) is 5.75 Å². The van der Waals surface area contributed by atoms with Crippen molar-refractivity contribution < 1.29 is 9.53 Å². The highest BCUT2D eigenvalue weighted by molar-refractivity contribution is 9.10. The molecule has 1 aromatic carbocycles. The third-order valence-corrected chi connectivity index (χ3v) is 4.19. The number of hydrogen-bond donors (Lipinski definition) is 1. The molecule has 0 atom stereocenters. The average Bonchev–Trinajstić information content (AvgIpc) is 2.88. The van der Waals surface area contributed by atoms with E-state index >= 15 is 0 Å². The number of nitrogens with zero attached hydrogens (tertiary/aromatic N) is 1. The summed E-state index contributed by atoms with van der Waals surface area (Å²) in [4.78, 5) is 16.6. The molecule has 2 N–H and O–H groups in total. The maximum atomic E-state index is 12.3. The van der Waals surface area contributed by atoms with E-state index in [1.807, 2.05) is 18.2 Å². The second kappa shape index (κ2) is 6.97. The number of nitrogens with two attached hydrogens (primary N) is 1. The Bertz CT molecular complexity index is 613. The fourth-order valence-electron chi connectivity index (χ4n) is 1.83. The zero-order chi connectivity index (χ0) is 14.5. The summed E-state index contributed by atoms with van der Waals surface area (Å²) in [5, 5.41) is 2.69. The molecule has 0 aliphatic heterocycles. The van der Waals surface area contributed by atoms with Crippen molar-refractivity contribution in [1.82, 2.24) is 4.98 Å². The van der Waals surface area contributed by atoms with Gasteiger partial charge in [0.1, 0.15) is 11.4 Å². The standard InChI is InChI=1S/C14H15BrN2O2S/c1-19-13-3-2-10(15)6-9(13)7-12(18)11-8-20-14(17-11)4-5-16/h2-3,6,8H,4-5,7,16H2,1H3. The molecule has 0 saturated carbocycles. The molecule has 0 amide bonds. The fourth-order valence-corrected chi connectivity index (χ4v) is 3.05. The summed E-state index contributed by atoms with van der Waals surface area (Å²) in [6.45, 7) is 0.542. The van der Waals surface area contributed by atoms with E-state index in [0.29, 0.717) is 24.4 Å². The van der Waals surface area contributed by atoms with Gasteiger partial charge >= 0.3 is 0 Å². The smallest absolute Gasteiger partial charge is 0.186 e. The normalized spacial score (nSPS) is 10.6. The molecule has 0 bridgehead atoms. The van der Waals surface area contributed by atoms with E-state index < -0.39 is 0 Å². The average molecular weight is 355 g/mol. The molecule has 6 heteroatoms. The van der Waals surface area contributed by atoms with Crippen LogP contribution in [0.15, 0.2) is 28.1 Å². The Kier molecular flexibility index (Phi) is 5.28. The van der Waals surface area contributed by atoms with E-state index in [1.165, 1.54) is 11.3 Å². The van der Waals surface area contributed by atoms with Gasteiger partial charge in [-0.2, -0.15) is 0 Å². The van der Waals surface area contributed by atoms with Crippen molar-refractivity contribution in [3.05, 3.63) is 44.3 Å². The zero-order valence-electron chi connectivity index (χ0n) is 11.1. The monoisotopic (exact) mass is 354 g/mol. The molecule has 0 aliphatic carbocycles. The SMILES string of the molecule is COc1ccc(Br)cc1CC(=O)c1csc(CCN)n1. The summed E-state index contributed by atoms with van der Waals surface area (Å²) in [5.41, 5.74) is 6.83. The quantitative estimate of drug-likeness (QED) is 0.810. The molecule has 0 unspecified atom stereocenters. The molecule has 0 saturated heterocycles. The summed E-state index contributed by atoms with van der Waals surface area (Å²) in [6, 6.07) is 5.62. The fraction of sp³-hybridized carbons (Fsp3) is 0.286. The van der Waals surface area contributed by atoms with Gasteiger partial charge < -0.3 is 10.5 Å². The maximum absolute atomic E-state index is 12.3. The molecule has 0 aliphatic rings. The highest BCUT2D eigenvalue weighted by atomic mass is 79.9. The highest BCUT2D eigenvalue weighted by Crippen LogP contribution is 2.24. The number of thiazole rings is 1. The van der Waals surface area contributed by atoms with Crippen molar-refractivity contribution in [2.45, 2.75) is 12.8 Å². The molecule has 0 spiro atoms. The van der Waals surface area contributed by atoms with Crippen molar-refractivity contribution in [3.63, 3.8) is 0 Å². The number of rotatable bonds is 6. The van der Waals surface area contributed by atoms with Crippen LogP contribution >= 0.6 is 27.3 Å². The molecule has 0 radical (unpaired) electrons. The minimum Gasteiger partial charge on any atom is -0.496 e. The summed E-state index contributed by atoms with van der Waals surface area (Å²) < 4.78 is 6.19. The van der Waals surface area contributed by atoms with Crippen LogP contribution < -0.4 is 10.5 Å². The van der Waals surface area contributed by atoms with E-state index in [1.54, 1.807) is 12.5 Å². The first-order valence-corrected chi connectivity index (χ1v) is 7.81. The van der Waals surface area contributed by atoms with Crippen LogP contribution in [0.2, 0.25) is 0 Å². The van der Waals surface area contributed by atoms with Crippen molar-refractivity contribution in [1.29, 1.82) is 0 Å². The molecule has 2 aromatic rings. The van der Waals surface area contributed by atoms with Gasteiger partial charge in [0.05, 0.1) is 12.1 Å². The van der Waals surface area contributed by atoms with Crippen LogP contribution in [0.25, 0.3) is 0 Å². The van der Waals surface area contributed by atoms with Gasteiger partial charge in [-0.15, -0.1) is 11.3 Å². The third-order valence-electron chi connectivity index (χ3n) is 2.79. The van der Waals surface area contributed by atoms with Gasteiger partial charge in [0.25, 0.3) is 0 Å². The lowest BCUT2D eigenvalue weighted by Gasteiger charge is -2.07. The maximum Gasteiger partial charge on any atom is 0.186 e. The Balaban J connectivity index is 2.16. The molecular formula is C14H15BrN2O2S. The van der Waals surface area contributed by atoms with Gasteiger partial charge in [-0.3, -0.25) is 4.79 Å². The van der Waals surface area contributed by atoms with Crippen LogP contribution in [-0.4, -0.2) is 24.4 Å². The number of carbonyl (C=O) groups excluding carboxylic acids is 1. The van der Waals surface area contributed by atoms with Gasteiger partial charge in [-0.05, 0) is 24.7 Å². The second-order valence-corrected chi connectivity index (χ2v) is 6.08. The molecule has 4 nitrogen and oxygen atoms in total. The van der Waals surface area contributed by atoms with E-state index in [4.69, 9.17) is 10.5 Å². The van der Waals surface area contributed by atoms with Crippen molar-refractivity contribution >= 4 is 33.0 Å². The number of carbonyl (C=O) groups is 1. The van der Waals surface area contributed by atoms with Crippen LogP contribution in [0, 0.1) is 0 Å². The van der Waals surface area contributed by atoms with Crippen molar-refractivity contribution in [2.75, 3.05) is 13.7 Å². The first-order chi connectivity index (χ1) is 9.63. The number of methoxy groups -OCH3 is 1. The predicted molar refractivity (Wildman–Crippen MR) is 83.6 cm³/mol. The number of ketones is 1. The Hall–Kier alpha value is -1.24. The van der Waals surface area contributed by atoms with Crippen LogP contribution in [0.4, 0.5) is 0 Å². The third kappa shape index (κ3) is 3.65. The molecule has 0 fully saturated rings. The summed E-state index contributed by atoms with van der Waals surface area (Å²) in [6.07, 6.45) is 0.979. The molecular weight excluding hydrogens is 340 g/mol. The van der Waals surface area contributed by atoms with Crippen LogP contribution in [0.3, 0.4) is 0 Å². The minimum atomic E-state index is -0.0130. The lowest BCUT2D eigenvalue weighted by atomic mass is 10.1. The van der Waals surface area contributed by atoms with E-state index in [9.17, 15) is 4.79 Å². The van der Waals surface area contributed by atoms with Gasteiger partial charge in [0.15, 0.2) is 5.78 Å². The zero-order valence-corrected chi connectivity index (χ0v) is 13.5. The number of benzene rings is 1. The topological polar surface area (TPSA) is 65.2 Å². The van der Waals surface area contributed by atoms with E-state index in [2.05, 4.69) is 20.9 Å². The predicted octanol–water partition coefficient (Wildman–Crippen LogP) is 2.84. The number of aromatic nitrogens is 1. The lowest BCUT2D eigenvalue weighted by Crippen LogP contribution is -2.07. The number of hydrogen-bond acceptors (Lipinski definition) is 5. The number of ether oxygens (including phenoxy) is 1. The number of halogens is 1. The van der Waals surface area contributed by atoms with Crippen LogP contribution in [-0.2, 0) is 12.8 Å². The Morgan fingerprint density at radius 3 is 3.00 bits per heavy atom. The largest absolute Gasteiger partial charge is 0.496 e. The summed E-state index contributed by atoms with van der Waals surface area (Å²) >= 11 is 4.88. The minimum absolute atomic E-state index is 0.0130. The molecule has 106 valence electrons. The Morgan fingerprint density at radius 1 is 1.50 bits per heavy atom. The molecule has 1 aromatic heterocycles. The van der Waals surface area contributed by atoms with E-state index in [0.717, 1.165) is 15.0 Å². The van der Waals surface area contributed by atoms with Crippen molar-refractivity contribution in [2.24, 2.45) is 5.73 Å². The summed E-state index contributed by atoms with van der Waals surface area (Å²) in [7, 11) is 1.60. The van der Waals surface area contributed by atoms with E-state index in [-0.39, 0.29) is 12.2 Å². The van der Waals surface area contributed by atoms with Gasteiger partial charge in [-0.1, -0.05) is 15.9 Å². The van der Waals surface area contributed by atoms with Gasteiger partial charge in [-0.25, -0.2) is 4.98 Å². The summed E-state index contributed by atoms with van der Waals surface area (Å²) in [5.74, 6) is 0.694. The molecule has 1 heterocycles.